The van der Waals surface area contributed by atoms with E-state index in [0.717, 1.165) is 32.2 Å². The summed E-state index contributed by atoms with van der Waals surface area (Å²) in [6.07, 6.45) is 20.3. The average Bonchev–Trinajstić information content (AvgIpc) is 2.65. The smallest absolute Gasteiger partial charge is 0.220 e. The van der Waals surface area contributed by atoms with Crippen molar-refractivity contribution in [2.45, 2.75) is 123 Å². The molecule has 0 spiro atoms. The zero-order chi connectivity index (χ0) is 19.3. The Morgan fingerprint density at radius 3 is 1.77 bits per heavy atom. The minimum atomic E-state index is 0.243. The maximum Gasteiger partial charge on any atom is 0.220 e. The van der Waals surface area contributed by atoms with E-state index < -0.39 is 0 Å². The van der Waals surface area contributed by atoms with E-state index in [4.69, 9.17) is 5.11 Å². The number of nitrogens with one attached hydrogen (secondary N) is 1. The predicted octanol–water partition coefficient (Wildman–Crippen LogP) is 6.38. The Balaban J connectivity index is 3.82. The number of unbranched alkanes of at least 4 members (excludes halogenated alkanes) is 11. The van der Waals surface area contributed by atoms with Crippen molar-refractivity contribution in [2.75, 3.05) is 13.2 Å². The molecule has 0 saturated heterocycles. The van der Waals surface area contributed by atoms with Gasteiger partial charge >= 0.3 is 0 Å². The molecule has 0 aliphatic heterocycles. The van der Waals surface area contributed by atoms with Crippen LogP contribution in [0.5, 0.6) is 0 Å². The molecule has 0 saturated carbocycles. The van der Waals surface area contributed by atoms with E-state index in [0.29, 0.717) is 18.9 Å². The summed E-state index contributed by atoms with van der Waals surface area (Å²) in [5, 5.41) is 12.0. The van der Waals surface area contributed by atoms with E-state index in [2.05, 4.69) is 19.2 Å². The molecule has 0 bridgehead atoms. The number of carbonyl (C=O) groups excluding carboxylic acids is 1. The van der Waals surface area contributed by atoms with Crippen LogP contribution in [0.3, 0.4) is 0 Å². The number of carbonyl (C=O) groups is 1. The molecule has 0 atom stereocenters. The number of aliphatic hydroxyl groups excluding tert-OH is 1. The molecule has 156 valence electrons. The van der Waals surface area contributed by atoms with E-state index in [9.17, 15) is 4.79 Å². The highest BCUT2D eigenvalue weighted by Crippen LogP contribution is 2.18. The molecule has 0 aliphatic rings. The fourth-order valence-corrected chi connectivity index (χ4v) is 3.52. The normalized spacial score (nSPS) is 11.2. The molecule has 0 aliphatic carbocycles. The Hall–Kier alpha value is -0.570. The van der Waals surface area contributed by atoms with Gasteiger partial charge in [-0.05, 0) is 31.6 Å². The third-order valence-electron chi connectivity index (χ3n) is 5.33. The largest absolute Gasteiger partial charge is 0.396 e. The van der Waals surface area contributed by atoms with Crippen molar-refractivity contribution in [3.8, 4) is 0 Å². The van der Waals surface area contributed by atoms with Gasteiger partial charge < -0.3 is 10.4 Å². The molecule has 0 aromatic heterocycles. The lowest BCUT2D eigenvalue weighted by Gasteiger charge is -2.18. The molecule has 0 heterocycles. The molecule has 26 heavy (non-hydrogen) atoms. The van der Waals surface area contributed by atoms with E-state index >= 15 is 0 Å². The Morgan fingerprint density at radius 1 is 0.731 bits per heavy atom. The highest BCUT2D eigenvalue weighted by Gasteiger charge is 2.10. The van der Waals surface area contributed by atoms with Gasteiger partial charge in [0.15, 0.2) is 0 Å². The summed E-state index contributed by atoms with van der Waals surface area (Å²) in [5.41, 5.74) is 0. The van der Waals surface area contributed by atoms with Crippen molar-refractivity contribution in [3.05, 3.63) is 0 Å². The zero-order valence-electron chi connectivity index (χ0n) is 17.9. The second kappa shape index (κ2) is 20.7. The Bertz CT molecular complexity index is 282. The van der Waals surface area contributed by atoms with Crippen molar-refractivity contribution in [2.24, 2.45) is 5.92 Å². The van der Waals surface area contributed by atoms with Crippen molar-refractivity contribution in [3.63, 3.8) is 0 Å². The fourth-order valence-electron chi connectivity index (χ4n) is 3.52. The summed E-state index contributed by atoms with van der Waals surface area (Å²) in [5.74, 6) is 0.915. The summed E-state index contributed by atoms with van der Waals surface area (Å²) in [6.45, 7) is 5.71. The second-order valence-electron chi connectivity index (χ2n) is 7.96. The van der Waals surface area contributed by atoms with E-state index in [1.165, 1.54) is 77.0 Å². The highest BCUT2D eigenvalue weighted by molar-refractivity contribution is 5.75. The van der Waals surface area contributed by atoms with Crippen molar-refractivity contribution in [1.29, 1.82) is 0 Å². The SMILES string of the molecule is CCCCCCC(CCCCCC)CNC(=O)CCCCCCCCO. The van der Waals surface area contributed by atoms with E-state index in [1.807, 2.05) is 0 Å². The second-order valence-corrected chi connectivity index (χ2v) is 7.96. The third kappa shape index (κ3) is 18.2. The van der Waals surface area contributed by atoms with Crippen LogP contribution in [0.15, 0.2) is 0 Å². The number of rotatable bonds is 20. The van der Waals surface area contributed by atoms with Gasteiger partial charge in [0, 0.05) is 19.6 Å². The number of amides is 1. The highest BCUT2D eigenvalue weighted by atomic mass is 16.2. The average molecular weight is 370 g/mol. The zero-order valence-corrected chi connectivity index (χ0v) is 17.9. The molecular weight excluding hydrogens is 322 g/mol. The molecule has 2 N–H and O–H groups in total. The lowest BCUT2D eigenvalue weighted by Crippen LogP contribution is -2.29. The summed E-state index contributed by atoms with van der Waals surface area (Å²) >= 11 is 0. The first kappa shape index (κ1) is 25.4. The van der Waals surface area contributed by atoms with E-state index in [-0.39, 0.29) is 5.91 Å². The Labute approximate surface area is 163 Å². The minimum absolute atomic E-state index is 0.243. The first-order chi connectivity index (χ1) is 12.7. The van der Waals surface area contributed by atoms with Gasteiger partial charge in [-0.3, -0.25) is 4.79 Å². The van der Waals surface area contributed by atoms with Crippen LogP contribution in [0.25, 0.3) is 0 Å². The summed E-state index contributed by atoms with van der Waals surface area (Å²) in [6, 6.07) is 0. The maximum absolute atomic E-state index is 12.1. The first-order valence-corrected chi connectivity index (χ1v) is 11.6. The van der Waals surface area contributed by atoms with Crippen molar-refractivity contribution < 1.29 is 9.90 Å². The number of hydrogen-bond acceptors (Lipinski definition) is 2. The van der Waals surface area contributed by atoms with E-state index in [1.54, 1.807) is 0 Å². The lowest BCUT2D eigenvalue weighted by atomic mass is 9.94. The monoisotopic (exact) mass is 369 g/mol. The fraction of sp³-hybridized carbons (Fsp3) is 0.957. The van der Waals surface area contributed by atoms with Crippen LogP contribution in [0.4, 0.5) is 0 Å². The van der Waals surface area contributed by atoms with Crippen LogP contribution in [0.2, 0.25) is 0 Å². The molecule has 0 unspecified atom stereocenters. The standard InChI is InChI=1S/C23H47NO2/c1-3-5-7-13-17-22(18-14-8-6-4-2)21-24-23(26)19-15-11-9-10-12-16-20-25/h22,25H,3-21H2,1-2H3,(H,24,26). The van der Waals surface area contributed by atoms with Crippen LogP contribution < -0.4 is 5.32 Å². The predicted molar refractivity (Wildman–Crippen MR) is 113 cm³/mol. The van der Waals surface area contributed by atoms with Crippen LogP contribution in [0, 0.1) is 5.92 Å². The molecule has 0 fully saturated rings. The van der Waals surface area contributed by atoms with Crippen LogP contribution >= 0.6 is 0 Å². The van der Waals surface area contributed by atoms with Gasteiger partial charge in [0.1, 0.15) is 0 Å². The maximum atomic E-state index is 12.1. The van der Waals surface area contributed by atoms with Crippen molar-refractivity contribution >= 4 is 5.91 Å². The summed E-state index contributed by atoms with van der Waals surface area (Å²) in [4.78, 5) is 12.1. The number of hydrogen-bond donors (Lipinski definition) is 2. The van der Waals surface area contributed by atoms with Gasteiger partial charge in [-0.25, -0.2) is 0 Å². The van der Waals surface area contributed by atoms with Gasteiger partial charge in [-0.2, -0.15) is 0 Å². The van der Waals surface area contributed by atoms with Crippen molar-refractivity contribution in [1.82, 2.24) is 5.32 Å². The molecular formula is C23H47NO2. The van der Waals surface area contributed by atoms with Gasteiger partial charge in [0.2, 0.25) is 5.91 Å². The van der Waals surface area contributed by atoms with Crippen LogP contribution in [-0.2, 0) is 4.79 Å². The molecule has 3 heteroatoms. The lowest BCUT2D eigenvalue weighted by molar-refractivity contribution is -0.121. The van der Waals surface area contributed by atoms with Gasteiger partial charge in [0.05, 0.1) is 0 Å². The van der Waals surface area contributed by atoms with Crippen LogP contribution in [-0.4, -0.2) is 24.2 Å². The van der Waals surface area contributed by atoms with Gasteiger partial charge in [0.25, 0.3) is 0 Å². The molecule has 0 aromatic rings. The first-order valence-electron chi connectivity index (χ1n) is 11.6. The quantitative estimate of drug-likeness (QED) is 0.244. The topological polar surface area (TPSA) is 49.3 Å². The molecule has 3 nitrogen and oxygen atoms in total. The summed E-state index contributed by atoms with van der Waals surface area (Å²) < 4.78 is 0. The molecule has 1 amide bonds. The Kier molecular flexibility index (Phi) is 20.3. The summed E-state index contributed by atoms with van der Waals surface area (Å²) in [7, 11) is 0. The Morgan fingerprint density at radius 2 is 1.23 bits per heavy atom. The van der Waals surface area contributed by atoms with Gasteiger partial charge in [-0.15, -0.1) is 0 Å². The third-order valence-corrected chi connectivity index (χ3v) is 5.33. The minimum Gasteiger partial charge on any atom is -0.396 e. The van der Waals surface area contributed by atoms with Gasteiger partial charge in [-0.1, -0.05) is 90.9 Å². The molecule has 0 rings (SSSR count). The number of aliphatic hydroxyl groups is 1. The van der Waals surface area contributed by atoms with Crippen LogP contribution in [0.1, 0.15) is 123 Å². The molecule has 0 aromatic carbocycles. The molecule has 0 radical (unpaired) electrons.